The summed E-state index contributed by atoms with van der Waals surface area (Å²) in [5.74, 6) is 0.758. The number of hydrogen-bond donors (Lipinski definition) is 0. The first-order valence-electron chi connectivity index (χ1n) is 6.92. The molecule has 2 aromatic rings. The summed E-state index contributed by atoms with van der Waals surface area (Å²) in [6.45, 7) is 0.770. The number of ether oxygens (including phenoxy) is 2. The quantitative estimate of drug-likeness (QED) is 0.778. The highest BCUT2D eigenvalue weighted by Gasteiger charge is 2.17. The van der Waals surface area contributed by atoms with E-state index in [0.717, 1.165) is 36.3 Å². The highest BCUT2D eigenvalue weighted by molar-refractivity contribution is 6.22. The first-order valence-corrected chi connectivity index (χ1v) is 7.36. The summed E-state index contributed by atoms with van der Waals surface area (Å²) >= 11 is 6.54. The largest absolute Gasteiger partial charge is 0.494 e. The second kappa shape index (κ2) is 5.94. The molecule has 0 aliphatic carbocycles. The van der Waals surface area contributed by atoms with Gasteiger partial charge in [-0.05, 0) is 47.7 Å². The number of halogens is 2. The molecule has 0 spiro atoms. The summed E-state index contributed by atoms with van der Waals surface area (Å²) in [5.41, 5.74) is 2.97. The highest BCUT2D eigenvalue weighted by atomic mass is 35.5. The van der Waals surface area contributed by atoms with E-state index in [1.807, 2.05) is 12.1 Å². The van der Waals surface area contributed by atoms with Crippen LogP contribution in [0.2, 0.25) is 0 Å². The molecule has 2 aromatic carbocycles. The van der Waals surface area contributed by atoms with E-state index in [9.17, 15) is 4.39 Å². The van der Waals surface area contributed by atoms with Gasteiger partial charge in [0.05, 0.1) is 19.1 Å². The normalized spacial score (nSPS) is 15.0. The molecule has 21 heavy (non-hydrogen) atoms. The minimum Gasteiger partial charge on any atom is -0.494 e. The van der Waals surface area contributed by atoms with E-state index < -0.39 is 0 Å². The van der Waals surface area contributed by atoms with Gasteiger partial charge in [-0.1, -0.05) is 18.2 Å². The standard InChI is InChI=1S/C17H16ClFO2/c1-20-16-10-13(4-6-14(16)19)17(18)12-5-7-15-11(9-12)3-2-8-21-15/h4-7,9-10,17H,2-3,8H2,1H3. The molecule has 1 heterocycles. The highest BCUT2D eigenvalue weighted by Crippen LogP contribution is 2.35. The number of benzene rings is 2. The molecule has 0 saturated carbocycles. The Morgan fingerprint density at radius 1 is 1.19 bits per heavy atom. The van der Waals surface area contributed by atoms with Crippen molar-refractivity contribution in [2.75, 3.05) is 13.7 Å². The fourth-order valence-corrected chi connectivity index (χ4v) is 2.84. The van der Waals surface area contributed by atoms with E-state index in [4.69, 9.17) is 21.1 Å². The number of hydrogen-bond acceptors (Lipinski definition) is 2. The number of aryl methyl sites for hydroxylation is 1. The van der Waals surface area contributed by atoms with Crippen molar-refractivity contribution in [3.05, 3.63) is 58.9 Å². The Morgan fingerprint density at radius 3 is 2.76 bits per heavy atom. The summed E-state index contributed by atoms with van der Waals surface area (Å²) in [6, 6.07) is 10.7. The minimum atomic E-state index is -0.385. The monoisotopic (exact) mass is 306 g/mol. The van der Waals surface area contributed by atoms with Crippen molar-refractivity contribution in [1.29, 1.82) is 0 Å². The molecule has 0 fully saturated rings. The summed E-state index contributed by atoms with van der Waals surface area (Å²) in [6.07, 6.45) is 2.02. The van der Waals surface area contributed by atoms with Crippen LogP contribution in [0.25, 0.3) is 0 Å². The Labute approximate surface area is 128 Å². The van der Waals surface area contributed by atoms with Crippen LogP contribution in [0, 0.1) is 5.82 Å². The van der Waals surface area contributed by atoms with Gasteiger partial charge in [-0.3, -0.25) is 0 Å². The third kappa shape index (κ3) is 2.84. The maximum absolute atomic E-state index is 13.5. The number of methoxy groups -OCH3 is 1. The smallest absolute Gasteiger partial charge is 0.165 e. The second-order valence-electron chi connectivity index (χ2n) is 5.08. The molecule has 1 atom stereocenters. The van der Waals surface area contributed by atoms with E-state index in [0.29, 0.717) is 0 Å². The van der Waals surface area contributed by atoms with E-state index in [2.05, 4.69) is 6.07 Å². The SMILES string of the molecule is COc1cc(C(Cl)c2ccc3c(c2)CCCO3)ccc1F. The molecular weight excluding hydrogens is 291 g/mol. The molecule has 110 valence electrons. The molecule has 0 bridgehead atoms. The van der Waals surface area contributed by atoms with Crippen LogP contribution in [0.15, 0.2) is 36.4 Å². The zero-order valence-electron chi connectivity index (χ0n) is 11.7. The van der Waals surface area contributed by atoms with E-state index in [1.165, 1.54) is 18.7 Å². The number of rotatable bonds is 3. The van der Waals surface area contributed by atoms with Crippen LogP contribution in [0.5, 0.6) is 11.5 Å². The molecular formula is C17H16ClFO2. The van der Waals surface area contributed by atoms with Gasteiger partial charge in [0, 0.05) is 0 Å². The molecule has 1 unspecified atom stereocenters. The van der Waals surface area contributed by atoms with Crippen LogP contribution in [0.3, 0.4) is 0 Å². The zero-order valence-corrected chi connectivity index (χ0v) is 12.5. The molecule has 2 nitrogen and oxygen atoms in total. The van der Waals surface area contributed by atoms with Crippen molar-refractivity contribution in [1.82, 2.24) is 0 Å². The van der Waals surface area contributed by atoms with Gasteiger partial charge in [0.1, 0.15) is 5.75 Å². The fourth-order valence-electron chi connectivity index (χ4n) is 2.56. The lowest BCUT2D eigenvalue weighted by Crippen LogP contribution is -2.09. The predicted octanol–water partition coefficient (Wildman–Crippen LogP) is 4.49. The van der Waals surface area contributed by atoms with Crippen molar-refractivity contribution in [2.45, 2.75) is 18.2 Å². The van der Waals surface area contributed by atoms with Crippen LogP contribution >= 0.6 is 11.6 Å². The number of alkyl halides is 1. The summed E-state index contributed by atoms with van der Waals surface area (Å²) in [4.78, 5) is 0. The Morgan fingerprint density at radius 2 is 1.95 bits per heavy atom. The van der Waals surface area contributed by atoms with Gasteiger partial charge in [0.25, 0.3) is 0 Å². The van der Waals surface area contributed by atoms with Crippen LogP contribution in [-0.4, -0.2) is 13.7 Å². The molecule has 1 aliphatic rings. The maximum atomic E-state index is 13.5. The molecule has 1 aliphatic heterocycles. The van der Waals surface area contributed by atoms with Gasteiger partial charge in [-0.2, -0.15) is 0 Å². The lowest BCUT2D eigenvalue weighted by molar-refractivity contribution is 0.288. The Hall–Kier alpha value is -1.74. The summed E-state index contributed by atoms with van der Waals surface area (Å²) in [7, 11) is 1.45. The Balaban J connectivity index is 1.92. The lowest BCUT2D eigenvalue weighted by Gasteiger charge is -2.19. The van der Waals surface area contributed by atoms with Crippen molar-refractivity contribution in [2.24, 2.45) is 0 Å². The average molecular weight is 307 g/mol. The Bertz CT molecular complexity index is 657. The average Bonchev–Trinajstić information content (AvgIpc) is 2.54. The molecule has 3 rings (SSSR count). The summed E-state index contributed by atoms with van der Waals surface area (Å²) in [5, 5.41) is -0.341. The molecule has 0 N–H and O–H groups in total. The Kier molecular flexibility index (Phi) is 4.02. The molecule has 4 heteroatoms. The lowest BCUT2D eigenvalue weighted by atomic mass is 9.98. The van der Waals surface area contributed by atoms with Gasteiger partial charge in [-0.25, -0.2) is 4.39 Å². The van der Waals surface area contributed by atoms with E-state index in [1.54, 1.807) is 12.1 Å². The fraction of sp³-hybridized carbons (Fsp3) is 0.294. The maximum Gasteiger partial charge on any atom is 0.165 e. The molecule has 0 saturated heterocycles. The van der Waals surface area contributed by atoms with E-state index in [-0.39, 0.29) is 16.9 Å². The predicted molar refractivity (Wildman–Crippen MR) is 80.9 cm³/mol. The molecule has 0 radical (unpaired) electrons. The van der Waals surface area contributed by atoms with Gasteiger partial charge < -0.3 is 9.47 Å². The van der Waals surface area contributed by atoms with Gasteiger partial charge in [0.2, 0.25) is 0 Å². The van der Waals surface area contributed by atoms with Crippen LogP contribution in [0.4, 0.5) is 4.39 Å². The first kappa shape index (κ1) is 14.2. The third-order valence-corrected chi connectivity index (χ3v) is 4.20. The number of fused-ring (bicyclic) bond motifs is 1. The molecule has 0 aromatic heterocycles. The van der Waals surface area contributed by atoms with Gasteiger partial charge >= 0.3 is 0 Å². The van der Waals surface area contributed by atoms with Gasteiger partial charge in [-0.15, -0.1) is 11.6 Å². The van der Waals surface area contributed by atoms with E-state index >= 15 is 0 Å². The minimum absolute atomic E-state index is 0.208. The second-order valence-corrected chi connectivity index (χ2v) is 5.51. The summed E-state index contributed by atoms with van der Waals surface area (Å²) < 4.78 is 24.1. The van der Waals surface area contributed by atoms with Crippen LogP contribution in [-0.2, 0) is 6.42 Å². The van der Waals surface area contributed by atoms with Crippen molar-refractivity contribution >= 4 is 11.6 Å². The first-order chi connectivity index (χ1) is 10.2. The van der Waals surface area contributed by atoms with Crippen LogP contribution in [0.1, 0.15) is 28.5 Å². The third-order valence-electron chi connectivity index (χ3n) is 3.69. The molecule has 0 amide bonds. The van der Waals surface area contributed by atoms with Crippen molar-refractivity contribution in [3.8, 4) is 11.5 Å². The van der Waals surface area contributed by atoms with Gasteiger partial charge in [0.15, 0.2) is 11.6 Å². The van der Waals surface area contributed by atoms with Crippen molar-refractivity contribution < 1.29 is 13.9 Å². The van der Waals surface area contributed by atoms with Crippen molar-refractivity contribution in [3.63, 3.8) is 0 Å². The topological polar surface area (TPSA) is 18.5 Å². The van der Waals surface area contributed by atoms with Crippen LogP contribution < -0.4 is 9.47 Å². The zero-order chi connectivity index (χ0) is 14.8.